The molecular formula is C17H25NO. The third kappa shape index (κ3) is 3.44. The maximum Gasteiger partial charge on any atom is 0.176 e. The van der Waals surface area contributed by atoms with Gasteiger partial charge in [-0.15, -0.1) is 0 Å². The highest BCUT2D eigenvalue weighted by Crippen LogP contribution is 2.22. The lowest BCUT2D eigenvalue weighted by molar-refractivity contribution is 0.0849. The number of hydrogen-bond acceptors (Lipinski definition) is 2. The lowest BCUT2D eigenvalue weighted by atomic mass is 9.88. The van der Waals surface area contributed by atoms with Gasteiger partial charge in [0.1, 0.15) is 0 Å². The van der Waals surface area contributed by atoms with Crippen LogP contribution < -0.4 is 0 Å². The molecule has 1 aromatic carbocycles. The first kappa shape index (κ1) is 14.3. The molecule has 2 rings (SSSR count). The van der Waals surface area contributed by atoms with E-state index in [1.54, 1.807) is 0 Å². The first-order valence-corrected chi connectivity index (χ1v) is 7.30. The summed E-state index contributed by atoms with van der Waals surface area (Å²) in [6.45, 7) is 11.4. The molecule has 0 radical (unpaired) electrons. The molecule has 0 bridgehead atoms. The van der Waals surface area contributed by atoms with Crippen molar-refractivity contribution >= 4 is 5.78 Å². The van der Waals surface area contributed by atoms with Gasteiger partial charge in [0, 0.05) is 12.1 Å². The number of ketones is 1. The van der Waals surface area contributed by atoms with Crippen LogP contribution in [0.15, 0.2) is 18.2 Å². The summed E-state index contributed by atoms with van der Waals surface area (Å²) in [6.07, 6.45) is 1.21. The van der Waals surface area contributed by atoms with Crippen LogP contribution in [-0.2, 0) is 0 Å². The molecule has 1 aromatic rings. The molecule has 0 spiro atoms. The monoisotopic (exact) mass is 259 g/mol. The number of carbonyl (C=O) groups is 1. The second-order valence-electron chi connectivity index (χ2n) is 6.20. The Morgan fingerprint density at radius 2 is 1.95 bits per heavy atom. The summed E-state index contributed by atoms with van der Waals surface area (Å²) in [7, 11) is 0. The van der Waals surface area contributed by atoms with Crippen LogP contribution >= 0.6 is 0 Å². The van der Waals surface area contributed by atoms with E-state index in [1.807, 2.05) is 18.2 Å². The maximum absolute atomic E-state index is 12.3. The standard InChI is InChI=1S/C17H25NO/c1-12-5-6-16(9-14(12)3)17(19)11-18-8-7-13(2)15(4)10-18/h5-6,9,13,15H,7-8,10-11H2,1-4H3. The van der Waals surface area contributed by atoms with Crippen LogP contribution in [-0.4, -0.2) is 30.3 Å². The zero-order valence-corrected chi connectivity index (χ0v) is 12.6. The van der Waals surface area contributed by atoms with E-state index in [0.29, 0.717) is 12.5 Å². The molecule has 2 unspecified atom stereocenters. The summed E-state index contributed by atoms with van der Waals surface area (Å²) < 4.78 is 0. The Bertz CT molecular complexity index is 466. The van der Waals surface area contributed by atoms with Crippen LogP contribution in [0.25, 0.3) is 0 Å². The van der Waals surface area contributed by atoms with Crippen LogP contribution in [0.1, 0.15) is 41.8 Å². The van der Waals surface area contributed by atoms with Crippen LogP contribution in [0, 0.1) is 25.7 Å². The molecule has 0 aromatic heterocycles. The van der Waals surface area contributed by atoms with Crippen molar-refractivity contribution in [2.45, 2.75) is 34.1 Å². The van der Waals surface area contributed by atoms with Gasteiger partial charge in [0.25, 0.3) is 0 Å². The number of piperidine rings is 1. The molecule has 1 fully saturated rings. The van der Waals surface area contributed by atoms with Gasteiger partial charge in [-0.05, 0) is 55.8 Å². The van der Waals surface area contributed by atoms with Gasteiger partial charge in [0.2, 0.25) is 0 Å². The quantitative estimate of drug-likeness (QED) is 0.775. The minimum atomic E-state index is 0.254. The molecule has 2 nitrogen and oxygen atoms in total. The Hall–Kier alpha value is -1.15. The van der Waals surface area contributed by atoms with Gasteiger partial charge < -0.3 is 0 Å². The van der Waals surface area contributed by atoms with Crippen LogP contribution in [0.3, 0.4) is 0 Å². The van der Waals surface area contributed by atoms with Gasteiger partial charge in [-0.2, -0.15) is 0 Å². The number of aryl methyl sites for hydroxylation is 2. The van der Waals surface area contributed by atoms with Crippen molar-refractivity contribution in [3.05, 3.63) is 34.9 Å². The number of Topliss-reactive ketones (excluding diaryl/α,β-unsaturated/α-hetero) is 1. The molecular weight excluding hydrogens is 234 g/mol. The van der Waals surface area contributed by atoms with Crippen molar-refractivity contribution in [1.82, 2.24) is 4.90 Å². The molecule has 0 saturated carbocycles. The predicted octanol–water partition coefficient (Wildman–Crippen LogP) is 3.46. The summed E-state index contributed by atoms with van der Waals surface area (Å²) in [4.78, 5) is 14.6. The predicted molar refractivity (Wildman–Crippen MR) is 79.6 cm³/mol. The Morgan fingerprint density at radius 3 is 2.58 bits per heavy atom. The smallest absolute Gasteiger partial charge is 0.176 e. The highest BCUT2D eigenvalue weighted by Gasteiger charge is 2.24. The second kappa shape index (κ2) is 5.87. The minimum absolute atomic E-state index is 0.254. The minimum Gasteiger partial charge on any atom is -0.296 e. The average Bonchev–Trinajstić information content (AvgIpc) is 2.37. The molecule has 2 atom stereocenters. The normalized spacial score (nSPS) is 24.4. The van der Waals surface area contributed by atoms with Crippen molar-refractivity contribution in [2.24, 2.45) is 11.8 Å². The zero-order chi connectivity index (χ0) is 14.0. The number of hydrogen-bond donors (Lipinski definition) is 0. The lowest BCUT2D eigenvalue weighted by Gasteiger charge is -2.34. The van der Waals surface area contributed by atoms with E-state index in [-0.39, 0.29) is 5.78 Å². The first-order chi connectivity index (χ1) is 8.97. The molecule has 2 heteroatoms. The molecule has 1 aliphatic heterocycles. The Kier molecular flexibility index (Phi) is 4.41. The van der Waals surface area contributed by atoms with E-state index in [9.17, 15) is 4.79 Å². The molecule has 1 heterocycles. The molecule has 0 N–H and O–H groups in total. The summed E-state index contributed by atoms with van der Waals surface area (Å²) in [5.74, 6) is 1.74. The number of rotatable bonds is 3. The average molecular weight is 259 g/mol. The first-order valence-electron chi connectivity index (χ1n) is 7.30. The van der Waals surface area contributed by atoms with Crippen molar-refractivity contribution in [3.8, 4) is 0 Å². The van der Waals surface area contributed by atoms with E-state index in [1.165, 1.54) is 17.5 Å². The third-order valence-corrected chi connectivity index (χ3v) is 4.61. The molecule has 0 amide bonds. The lowest BCUT2D eigenvalue weighted by Crippen LogP contribution is -2.41. The fourth-order valence-electron chi connectivity index (χ4n) is 2.70. The van der Waals surface area contributed by atoms with E-state index in [0.717, 1.165) is 24.6 Å². The topological polar surface area (TPSA) is 20.3 Å². The van der Waals surface area contributed by atoms with E-state index < -0.39 is 0 Å². The number of benzene rings is 1. The van der Waals surface area contributed by atoms with Gasteiger partial charge in [0.05, 0.1) is 6.54 Å². The van der Waals surface area contributed by atoms with Gasteiger partial charge >= 0.3 is 0 Å². The Labute approximate surface area is 116 Å². The largest absolute Gasteiger partial charge is 0.296 e. The SMILES string of the molecule is Cc1ccc(C(=O)CN2CCC(C)C(C)C2)cc1C. The second-order valence-corrected chi connectivity index (χ2v) is 6.20. The fraction of sp³-hybridized carbons (Fsp3) is 0.588. The van der Waals surface area contributed by atoms with Crippen molar-refractivity contribution in [3.63, 3.8) is 0 Å². The van der Waals surface area contributed by atoms with Gasteiger partial charge in [-0.25, -0.2) is 0 Å². The number of carbonyl (C=O) groups excluding carboxylic acids is 1. The summed E-state index contributed by atoms with van der Waals surface area (Å²) in [6, 6.07) is 6.03. The molecule has 104 valence electrons. The highest BCUT2D eigenvalue weighted by atomic mass is 16.1. The summed E-state index contributed by atoms with van der Waals surface area (Å²) in [5, 5.41) is 0. The van der Waals surface area contributed by atoms with Crippen LogP contribution in [0.2, 0.25) is 0 Å². The molecule has 0 aliphatic carbocycles. The van der Waals surface area contributed by atoms with Gasteiger partial charge in [0.15, 0.2) is 5.78 Å². The molecule has 1 aliphatic rings. The number of nitrogens with zero attached hydrogens (tertiary/aromatic N) is 1. The van der Waals surface area contributed by atoms with E-state index in [2.05, 4.69) is 32.6 Å². The van der Waals surface area contributed by atoms with Crippen LogP contribution in [0.5, 0.6) is 0 Å². The Balaban J connectivity index is 1.99. The maximum atomic E-state index is 12.3. The van der Waals surface area contributed by atoms with Gasteiger partial charge in [-0.1, -0.05) is 26.0 Å². The Morgan fingerprint density at radius 1 is 1.21 bits per heavy atom. The zero-order valence-electron chi connectivity index (χ0n) is 12.6. The van der Waals surface area contributed by atoms with Crippen molar-refractivity contribution < 1.29 is 4.79 Å². The highest BCUT2D eigenvalue weighted by molar-refractivity contribution is 5.97. The molecule has 1 saturated heterocycles. The van der Waals surface area contributed by atoms with Crippen LogP contribution in [0.4, 0.5) is 0 Å². The van der Waals surface area contributed by atoms with Crippen molar-refractivity contribution in [1.29, 1.82) is 0 Å². The van der Waals surface area contributed by atoms with E-state index in [4.69, 9.17) is 0 Å². The third-order valence-electron chi connectivity index (χ3n) is 4.61. The molecule has 19 heavy (non-hydrogen) atoms. The van der Waals surface area contributed by atoms with E-state index >= 15 is 0 Å². The summed E-state index contributed by atoms with van der Waals surface area (Å²) in [5.41, 5.74) is 3.30. The number of likely N-dealkylation sites (tertiary alicyclic amines) is 1. The van der Waals surface area contributed by atoms with Crippen molar-refractivity contribution in [2.75, 3.05) is 19.6 Å². The van der Waals surface area contributed by atoms with Gasteiger partial charge in [-0.3, -0.25) is 9.69 Å². The summed E-state index contributed by atoms with van der Waals surface area (Å²) >= 11 is 0. The fourth-order valence-corrected chi connectivity index (χ4v) is 2.70.